The molecule has 8 aliphatic rings. The third-order valence-corrected chi connectivity index (χ3v) is 17.6. The minimum absolute atomic E-state index is 0.00577. The highest BCUT2D eigenvalue weighted by Crippen LogP contribution is 2.79. The van der Waals surface area contributed by atoms with Crippen LogP contribution in [0, 0.1) is 39.9 Å². The van der Waals surface area contributed by atoms with E-state index in [1.165, 1.54) is 80.1 Å². The fourth-order valence-corrected chi connectivity index (χ4v) is 15.3. The van der Waals surface area contributed by atoms with Crippen molar-refractivity contribution in [3.8, 4) is 28.7 Å². The molecule has 63 heavy (non-hydrogen) atoms. The fourth-order valence-electron chi connectivity index (χ4n) is 15.3. The van der Waals surface area contributed by atoms with Crippen LogP contribution < -0.4 is 5.32 Å². The number of phenols is 5. The van der Waals surface area contributed by atoms with Gasteiger partial charge in [0.1, 0.15) is 12.4 Å². The average Bonchev–Trinajstić information content (AvgIpc) is 4.02. The van der Waals surface area contributed by atoms with E-state index in [9.17, 15) is 30.6 Å². The van der Waals surface area contributed by atoms with Gasteiger partial charge in [0.05, 0.1) is 29.0 Å². The van der Waals surface area contributed by atoms with Crippen molar-refractivity contribution in [2.45, 2.75) is 88.8 Å². The van der Waals surface area contributed by atoms with E-state index in [1.54, 1.807) is 24.3 Å². The lowest BCUT2D eigenvalue weighted by molar-refractivity contribution is -0.182. The highest BCUT2D eigenvalue weighted by molar-refractivity contribution is 6.46. The molecule has 12 rings (SSSR count). The van der Waals surface area contributed by atoms with Crippen LogP contribution in [0.1, 0.15) is 91.6 Å². The lowest BCUT2D eigenvalue weighted by Gasteiger charge is -2.71. The van der Waals surface area contributed by atoms with Crippen molar-refractivity contribution < 1.29 is 30.6 Å². The molecule has 2 aliphatic heterocycles. The lowest BCUT2D eigenvalue weighted by atomic mass is 9.33. The summed E-state index contributed by atoms with van der Waals surface area (Å²) in [5.41, 5.74) is 7.53. The van der Waals surface area contributed by atoms with Crippen LogP contribution in [0.5, 0.6) is 28.7 Å². The van der Waals surface area contributed by atoms with Crippen LogP contribution in [-0.4, -0.2) is 60.9 Å². The first-order chi connectivity index (χ1) is 30.6. The van der Waals surface area contributed by atoms with Crippen molar-refractivity contribution in [2.24, 2.45) is 49.9 Å². The third-order valence-electron chi connectivity index (χ3n) is 17.6. The van der Waals surface area contributed by atoms with Crippen LogP contribution in [0.2, 0.25) is 0 Å². The van der Waals surface area contributed by atoms with Crippen molar-refractivity contribution in [3.63, 3.8) is 0 Å². The summed E-state index contributed by atoms with van der Waals surface area (Å²) in [4.78, 5) is 10.6. The summed E-state index contributed by atoms with van der Waals surface area (Å²) in [5, 5.41) is 71.0. The second-order valence-corrected chi connectivity index (χ2v) is 19.9. The Morgan fingerprint density at radius 3 is 2.49 bits per heavy atom. The van der Waals surface area contributed by atoms with E-state index in [2.05, 4.69) is 60.0 Å². The number of nitrogens with one attached hydrogen (secondary N) is 1. The molecule has 9 nitrogen and oxygen atoms in total. The Morgan fingerprint density at radius 2 is 1.63 bits per heavy atom. The number of hydrogen-bond acceptors (Lipinski definition) is 9. The van der Waals surface area contributed by atoms with Crippen molar-refractivity contribution in [1.82, 2.24) is 5.32 Å². The molecule has 4 aromatic carbocycles. The standard InChI is InChI=1S/C54H55N3O6/c58-42-22-10-31(27-45(42)61)9-18-37-38-4-1-5-43(59)46(38)48(63)47(62)39(37)19-8-30-6-11-32(12-7-30)40-20-13-33-28-36-15-14-35-16-21-41-51(56-29-55-41)54(50(33)57-40)49-44(60)23-17-34-3-2-24-52(34,49)25-26-53(35,36)54/h1,4-7,9-13,17-18,20,22-23,27-28,34-36,40,44,49-50,57-63H,2-3,8,14-16,19,21,24-26,29H2/t34-,35+,36+,40-,44-,49+,50+,52-,53+,54-/m0/s1. The molecule has 0 aromatic heterocycles. The lowest BCUT2D eigenvalue weighted by Crippen LogP contribution is -2.75. The van der Waals surface area contributed by atoms with Gasteiger partial charge in [-0.05, 0) is 144 Å². The largest absolute Gasteiger partial charge is 0.507 e. The van der Waals surface area contributed by atoms with Crippen LogP contribution in [0.3, 0.4) is 0 Å². The molecule has 4 aromatic rings. The molecule has 0 saturated heterocycles. The molecule has 322 valence electrons. The van der Waals surface area contributed by atoms with Gasteiger partial charge in [0.25, 0.3) is 0 Å². The molecular weight excluding hydrogens is 787 g/mol. The molecular formula is C54H55N3O6. The summed E-state index contributed by atoms with van der Waals surface area (Å²) in [5.74, 6) is 0.345. The van der Waals surface area contributed by atoms with Gasteiger partial charge in [-0.1, -0.05) is 91.4 Å². The number of aliphatic hydroxyl groups excluding tert-OH is 1. The number of aromatic hydroxyl groups is 5. The van der Waals surface area contributed by atoms with Gasteiger partial charge in [0.2, 0.25) is 0 Å². The van der Waals surface area contributed by atoms with Crippen molar-refractivity contribution in [2.75, 3.05) is 6.67 Å². The number of fused-ring (bicyclic) bond motifs is 3. The molecule has 4 fully saturated rings. The third kappa shape index (κ3) is 5.35. The molecule has 7 N–H and O–H groups in total. The minimum Gasteiger partial charge on any atom is -0.507 e. The number of nitrogens with zero attached hydrogens (tertiary/aromatic N) is 2. The summed E-state index contributed by atoms with van der Waals surface area (Å²) >= 11 is 0. The molecule has 2 heterocycles. The van der Waals surface area contributed by atoms with Gasteiger partial charge in [0, 0.05) is 22.9 Å². The minimum atomic E-state index is -0.530. The Kier molecular flexibility index (Phi) is 8.78. The Balaban J connectivity index is 0.888. The van der Waals surface area contributed by atoms with Crippen molar-refractivity contribution in [1.29, 1.82) is 0 Å². The zero-order valence-corrected chi connectivity index (χ0v) is 35.4. The van der Waals surface area contributed by atoms with E-state index in [0.29, 0.717) is 59.3 Å². The van der Waals surface area contributed by atoms with Crippen LogP contribution in [0.4, 0.5) is 0 Å². The summed E-state index contributed by atoms with van der Waals surface area (Å²) in [6.45, 7) is 0.499. The highest BCUT2D eigenvalue weighted by Gasteiger charge is 2.78. The van der Waals surface area contributed by atoms with E-state index >= 15 is 0 Å². The van der Waals surface area contributed by atoms with Crippen LogP contribution >= 0.6 is 0 Å². The molecule has 0 bridgehead atoms. The van der Waals surface area contributed by atoms with Crippen LogP contribution in [0.15, 0.2) is 107 Å². The average molecular weight is 842 g/mol. The number of aryl methyl sites for hydroxylation is 1. The van der Waals surface area contributed by atoms with E-state index in [-0.39, 0.29) is 68.4 Å². The number of hydrogen-bond donors (Lipinski definition) is 7. The number of benzene rings is 4. The monoisotopic (exact) mass is 841 g/mol. The summed E-state index contributed by atoms with van der Waals surface area (Å²) in [6.07, 6.45) is 26.5. The SMILES string of the molecule is Oc1ccc(C=Cc2c(CCc3ccc([C@@H]4C=CC5=C[C@H]6CC[C@@H]7CCC8=NCN=C8[C@@]8([C@@H]5N4)[C@@H]4[C@@H](O)C=C[C@@H]5CCC[C@]54CC[C@@]768)cc3)c(O)c(O)c3c(O)cccc23)cc1O. The first-order valence-corrected chi connectivity index (χ1v) is 23.2. The first kappa shape index (κ1) is 39.0. The van der Waals surface area contributed by atoms with Gasteiger partial charge < -0.3 is 30.6 Å². The number of aliphatic imine (C=N–C) groups is 2. The van der Waals surface area contributed by atoms with E-state index in [1.807, 2.05) is 6.08 Å². The zero-order valence-electron chi connectivity index (χ0n) is 35.4. The second kappa shape index (κ2) is 14.2. The quantitative estimate of drug-likeness (QED) is 0.0579. The van der Waals surface area contributed by atoms with E-state index in [4.69, 9.17) is 9.98 Å². The van der Waals surface area contributed by atoms with Gasteiger partial charge >= 0.3 is 0 Å². The van der Waals surface area contributed by atoms with Gasteiger partial charge in [-0.15, -0.1) is 0 Å². The molecule has 4 saturated carbocycles. The smallest absolute Gasteiger partial charge is 0.169 e. The maximum atomic E-state index is 12.6. The highest BCUT2D eigenvalue weighted by atomic mass is 16.3. The Bertz CT molecular complexity index is 2770. The molecule has 0 radical (unpaired) electrons. The molecule has 6 aliphatic carbocycles. The van der Waals surface area contributed by atoms with Crippen molar-refractivity contribution >= 4 is 34.3 Å². The predicted molar refractivity (Wildman–Crippen MR) is 246 cm³/mol. The van der Waals surface area contributed by atoms with Crippen molar-refractivity contribution in [3.05, 3.63) is 124 Å². The van der Waals surface area contributed by atoms with Gasteiger partial charge in [-0.25, -0.2) is 0 Å². The first-order valence-electron chi connectivity index (χ1n) is 23.2. The van der Waals surface area contributed by atoms with E-state index in [0.717, 1.165) is 24.0 Å². The number of aliphatic hydroxyl groups is 1. The Labute approximate surface area is 367 Å². The summed E-state index contributed by atoms with van der Waals surface area (Å²) in [6, 6.07) is 18.2. The van der Waals surface area contributed by atoms with E-state index < -0.39 is 6.10 Å². The normalized spacial score (nSPS) is 34.6. The van der Waals surface area contributed by atoms with Crippen LogP contribution in [-0.2, 0) is 12.8 Å². The Hall–Kier alpha value is -5.64. The molecule has 2 spiro atoms. The van der Waals surface area contributed by atoms with Gasteiger partial charge in [-0.2, -0.15) is 0 Å². The maximum absolute atomic E-state index is 12.6. The summed E-state index contributed by atoms with van der Waals surface area (Å²) in [7, 11) is 0. The Morgan fingerprint density at radius 1 is 0.762 bits per heavy atom. The topological polar surface area (TPSA) is 158 Å². The molecule has 10 atom stereocenters. The zero-order chi connectivity index (χ0) is 42.8. The molecule has 0 amide bonds. The van der Waals surface area contributed by atoms with Gasteiger partial charge in [0.15, 0.2) is 23.0 Å². The van der Waals surface area contributed by atoms with Crippen LogP contribution in [0.25, 0.3) is 22.9 Å². The maximum Gasteiger partial charge on any atom is 0.169 e. The fraction of sp³-hybridized carbons (Fsp3) is 0.407. The number of rotatable bonds is 6. The predicted octanol–water partition coefficient (Wildman–Crippen LogP) is 9.61. The molecule has 9 heteroatoms. The number of phenolic OH excluding ortho intramolecular Hbond substituents is 5. The number of allylic oxidation sites excluding steroid dienone is 2. The second-order valence-electron chi connectivity index (χ2n) is 19.9. The van der Waals surface area contributed by atoms with Gasteiger partial charge in [-0.3, -0.25) is 15.3 Å². The summed E-state index contributed by atoms with van der Waals surface area (Å²) < 4.78 is 0. The molecule has 0 unspecified atom stereocenters.